The van der Waals surface area contributed by atoms with Gasteiger partial charge in [0.2, 0.25) is 0 Å². The van der Waals surface area contributed by atoms with Gasteiger partial charge in [-0.15, -0.1) is 0 Å². The summed E-state index contributed by atoms with van der Waals surface area (Å²) >= 11 is 0. The van der Waals surface area contributed by atoms with Crippen LogP contribution in [0.4, 0.5) is 0 Å². The van der Waals surface area contributed by atoms with Crippen molar-refractivity contribution in [2.24, 2.45) is 5.73 Å². The molecule has 3 N–H and O–H groups in total. The maximum atomic E-state index is 10.3. The molecule has 19 heavy (non-hydrogen) atoms. The molecule has 0 aromatic heterocycles. The average molecular weight is 269 g/mol. The van der Waals surface area contributed by atoms with Crippen molar-refractivity contribution < 1.29 is 9.90 Å². The first-order valence-corrected chi connectivity index (χ1v) is 7.84. The Bertz CT molecular complexity index is 227. The number of unbranched alkanes of at least 4 members (excludes halogenated alkanes) is 9. The van der Waals surface area contributed by atoms with Crippen molar-refractivity contribution in [2.45, 2.75) is 77.0 Å². The normalized spacial score (nSPS) is 11.2. The monoisotopic (exact) mass is 269 g/mol. The second-order valence-electron chi connectivity index (χ2n) is 5.16. The largest absolute Gasteiger partial charge is 0.481 e. The van der Waals surface area contributed by atoms with E-state index in [-0.39, 0.29) is 0 Å². The molecule has 0 aromatic rings. The Labute approximate surface area is 118 Å². The Kier molecular flexibility index (Phi) is 14.6. The third-order valence-corrected chi connectivity index (χ3v) is 3.25. The topological polar surface area (TPSA) is 63.3 Å². The predicted octanol–water partition coefficient (Wildman–Crippen LogP) is 4.27. The van der Waals surface area contributed by atoms with E-state index in [1.54, 1.807) is 0 Å². The highest BCUT2D eigenvalue weighted by Crippen LogP contribution is 2.10. The fraction of sp³-hybridized carbons (Fsp3) is 0.812. The van der Waals surface area contributed by atoms with Crippen LogP contribution in [0.1, 0.15) is 77.0 Å². The van der Waals surface area contributed by atoms with Crippen LogP contribution in [-0.2, 0) is 4.79 Å². The molecule has 0 heterocycles. The molecule has 0 aliphatic rings. The molecule has 0 atom stereocenters. The highest BCUT2D eigenvalue weighted by Gasteiger charge is 1.96. The van der Waals surface area contributed by atoms with E-state index in [4.69, 9.17) is 10.8 Å². The van der Waals surface area contributed by atoms with Gasteiger partial charge in [-0.25, -0.2) is 0 Å². The molecule has 112 valence electrons. The van der Waals surface area contributed by atoms with Gasteiger partial charge < -0.3 is 10.8 Å². The van der Waals surface area contributed by atoms with Crippen LogP contribution in [0.5, 0.6) is 0 Å². The third kappa shape index (κ3) is 17.2. The van der Waals surface area contributed by atoms with Crippen LogP contribution in [-0.4, -0.2) is 17.6 Å². The van der Waals surface area contributed by atoms with E-state index in [0.717, 1.165) is 25.8 Å². The molecule has 0 bridgehead atoms. The number of carboxylic acid groups (broad SMARTS) is 1. The van der Waals surface area contributed by atoms with Crippen LogP contribution >= 0.6 is 0 Å². The quantitative estimate of drug-likeness (QED) is 0.366. The van der Waals surface area contributed by atoms with Crippen molar-refractivity contribution >= 4 is 5.97 Å². The minimum absolute atomic E-state index is 0.328. The zero-order chi connectivity index (χ0) is 14.2. The first-order chi connectivity index (χ1) is 9.27. The second-order valence-corrected chi connectivity index (χ2v) is 5.16. The fourth-order valence-electron chi connectivity index (χ4n) is 2.06. The Hall–Kier alpha value is -0.830. The number of nitrogens with two attached hydrogens (primary N) is 1. The van der Waals surface area contributed by atoms with E-state index in [9.17, 15) is 4.79 Å². The Morgan fingerprint density at radius 3 is 1.79 bits per heavy atom. The van der Waals surface area contributed by atoms with Crippen molar-refractivity contribution in [1.82, 2.24) is 0 Å². The van der Waals surface area contributed by atoms with Gasteiger partial charge in [0, 0.05) is 6.42 Å². The molecule has 0 amide bonds. The molecule has 0 rings (SSSR count). The molecule has 0 saturated heterocycles. The molecule has 3 nitrogen and oxygen atoms in total. The molecule has 0 aliphatic carbocycles. The molecule has 0 saturated carbocycles. The number of hydrogen-bond donors (Lipinski definition) is 2. The minimum atomic E-state index is -0.668. The molecule has 0 spiro atoms. The summed E-state index contributed by atoms with van der Waals surface area (Å²) in [6.45, 7) is 0.806. The van der Waals surface area contributed by atoms with Crippen molar-refractivity contribution in [3.63, 3.8) is 0 Å². The number of aliphatic carboxylic acids is 1. The lowest BCUT2D eigenvalue weighted by molar-refractivity contribution is -0.137. The number of hydrogen-bond acceptors (Lipinski definition) is 2. The lowest BCUT2D eigenvalue weighted by Crippen LogP contribution is -1.96. The summed E-state index contributed by atoms with van der Waals surface area (Å²) in [4.78, 5) is 10.3. The summed E-state index contributed by atoms with van der Waals surface area (Å²) < 4.78 is 0. The lowest BCUT2D eigenvalue weighted by atomic mass is 10.1. The van der Waals surface area contributed by atoms with Crippen molar-refractivity contribution in [2.75, 3.05) is 6.54 Å². The summed E-state index contributed by atoms with van der Waals surface area (Å²) in [5.74, 6) is -0.668. The fourth-order valence-corrected chi connectivity index (χ4v) is 2.06. The molecule has 0 aliphatic heterocycles. The van der Waals surface area contributed by atoms with Gasteiger partial charge in [0.15, 0.2) is 0 Å². The van der Waals surface area contributed by atoms with Gasteiger partial charge in [-0.3, -0.25) is 4.79 Å². The van der Waals surface area contributed by atoms with Gasteiger partial charge in [0.25, 0.3) is 0 Å². The summed E-state index contributed by atoms with van der Waals surface area (Å²) in [6.07, 6.45) is 17.8. The van der Waals surface area contributed by atoms with Gasteiger partial charge in [-0.05, 0) is 45.1 Å². The molecular formula is C16H31NO2. The van der Waals surface area contributed by atoms with Gasteiger partial charge in [0.05, 0.1) is 0 Å². The van der Waals surface area contributed by atoms with Crippen LogP contribution in [0.15, 0.2) is 12.2 Å². The number of carboxylic acids is 1. The van der Waals surface area contributed by atoms with E-state index in [0.29, 0.717) is 6.42 Å². The Morgan fingerprint density at radius 1 is 0.789 bits per heavy atom. The van der Waals surface area contributed by atoms with E-state index >= 15 is 0 Å². The Morgan fingerprint density at radius 2 is 1.26 bits per heavy atom. The molecule has 0 fully saturated rings. The van der Waals surface area contributed by atoms with E-state index in [1.165, 1.54) is 51.4 Å². The zero-order valence-electron chi connectivity index (χ0n) is 12.3. The third-order valence-electron chi connectivity index (χ3n) is 3.25. The highest BCUT2D eigenvalue weighted by atomic mass is 16.4. The molecular weight excluding hydrogens is 238 g/mol. The summed E-state index contributed by atoms with van der Waals surface area (Å²) in [5.41, 5.74) is 5.43. The number of allylic oxidation sites excluding steroid dienone is 2. The van der Waals surface area contributed by atoms with Crippen LogP contribution in [0, 0.1) is 0 Å². The van der Waals surface area contributed by atoms with Gasteiger partial charge in [0.1, 0.15) is 0 Å². The zero-order valence-corrected chi connectivity index (χ0v) is 12.3. The van der Waals surface area contributed by atoms with Gasteiger partial charge >= 0.3 is 5.97 Å². The molecule has 0 aromatic carbocycles. The average Bonchev–Trinajstić information content (AvgIpc) is 2.39. The molecule has 0 unspecified atom stereocenters. The van der Waals surface area contributed by atoms with Gasteiger partial charge in [-0.1, -0.05) is 44.3 Å². The van der Waals surface area contributed by atoms with Crippen LogP contribution in [0.2, 0.25) is 0 Å². The van der Waals surface area contributed by atoms with Crippen LogP contribution in [0.25, 0.3) is 0 Å². The molecule has 0 radical (unpaired) electrons. The van der Waals surface area contributed by atoms with Crippen molar-refractivity contribution in [3.8, 4) is 0 Å². The lowest BCUT2D eigenvalue weighted by Gasteiger charge is -2.00. The summed E-state index contributed by atoms with van der Waals surface area (Å²) in [7, 11) is 0. The van der Waals surface area contributed by atoms with Gasteiger partial charge in [-0.2, -0.15) is 0 Å². The van der Waals surface area contributed by atoms with Crippen LogP contribution < -0.4 is 5.73 Å². The summed E-state index contributed by atoms with van der Waals surface area (Å²) in [5, 5.41) is 8.49. The van der Waals surface area contributed by atoms with Crippen molar-refractivity contribution in [3.05, 3.63) is 12.2 Å². The van der Waals surface area contributed by atoms with Crippen molar-refractivity contribution in [1.29, 1.82) is 0 Å². The second kappa shape index (κ2) is 15.2. The minimum Gasteiger partial charge on any atom is -0.481 e. The predicted molar refractivity (Wildman–Crippen MR) is 81.2 cm³/mol. The smallest absolute Gasteiger partial charge is 0.303 e. The standard InChI is InChI=1S/C16H31NO2/c17-15-13-11-9-7-5-3-1-2-4-6-8-10-12-14-16(18)19/h5,7H,1-4,6,8-15,17H2,(H,18,19)/b7-5-. The van der Waals surface area contributed by atoms with E-state index in [1.807, 2.05) is 0 Å². The maximum absolute atomic E-state index is 10.3. The SMILES string of the molecule is NCCCC/C=C\CCCCCCCCCC(=O)O. The maximum Gasteiger partial charge on any atom is 0.303 e. The number of carbonyl (C=O) groups is 1. The first kappa shape index (κ1) is 18.2. The first-order valence-electron chi connectivity index (χ1n) is 7.84. The van der Waals surface area contributed by atoms with E-state index < -0.39 is 5.97 Å². The van der Waals surface area contributed by atoms with E-state index in [2.05, 4.69) is 12.2 Å². The Balaban J connectivity index is 3.04. The molecule has 3 heteroatoms. The summed E-state index contributed by atoms with van der Waals surface area (Å²) in [6, 6.07) is 0. The number of rotatable bonds is 14. The highest BCUT2D eigenvalue weighted by molar-refractivity contribution is 5.66. The van der Waals surface area contributed by atoms with Crippen LogP contribution in [0.3, 0.4) is 0 Å².